The maximum absolute atomic E-state index is 11.6. The third kappa shape index (κ3) is 3.89. The molecule has 2 aliphatic carbocycles. The molecule has 0 radical (unpaired) electrons. The Kier molecular flexibility index (Phi) is 5.79. The standard InChI is InChI=1S/C27H30BrN5O3/c1-14-17(10-15-2-3-18-12-20(28)24(29)32-21(18)11-15)6-8-27(14,36)23(34)26(35)33-9-7-19-22(16-4-5-16)30-13-31-25(19)33/h2-3,7,9,11-14,16-17,23,26,34-36H,4-6,8,10H2,1H3,(H2,29,32)/t14-,17+,23+,26-,27-/m1/s1. The number of aromatic nitrogens is 4. The highest BCUT2D eigenvalue weighted by Gasteiger charge is 2.51. The van der Waals surface area contributed by atoms with Gasteiger partial charge in [0.1, 0.15) is 23.9 Å². The van der Waals surface area contributed by atoms with Crippen molar-refractivity contribution in [2.24, 2.45) is 11.8 Å². The molecule has 2 aliphatic rings. The minimum atomic E-state index is -1.42. The Labute approximate surface area is 217 Å². The maximum atomic E-state index is 11.6. The van der Waals surface area contributed by atoms with Gasteiger partial charge in [0.15, 0.2) is 6.23 Å². The summed E-state index contributed by atoms with van der Waals surface area (Å²) in [5.41, 5.74) is 8.06. The van der Waals surface area contributed by atoms with Crippen LogP contribution < -0.4 is 5.73 Å². The van der Waals surface area contributed by atoms with E-state index in [4.69, 9.17) is 5.73 Å². The number of hydrogen-bond acceptors (Lipinski definition) is 7. The van der Waals surface area contributed by atoms with Crippen LogP contribution in [-0.2, 0) is 6.42 Å². The Hall–Kier alpha value is -2.59. The lowest BCUT2D eigenvalue weighted by Gasteiger charge is -2.37. The second-order valence-electron chi connectivity index (χ2n) is 10.5. The zero-order valence-electron chi connectivity index (χ0n) is 20.0. The fourth-order valence-electron chi connectivity index (χ4n) is 5.93. The molecule has 8 nitrogen and oxygen atoms in total. The highest BCUT2D eigenvalue weighted by atomic mass is 79.9. The summed E-state index contributed by atoms with van der Waals surface area (Å²) in [6.45, 7) is 1.96. The van der Waals surface area contributed by atoms with Crippen molar-refractivity contribution in [1.29, 1.82) is 0 Å². The van der Waals surface area contributed by atoms with Crippen LogP contribution in [0, 0.1) is 11.8 Å². The largest absolute Gasteiger partial charge is 0.387 e. The van der Waals surface area contributed by atoms with Crippen LogP contribution in [0.25, 0.3) is 21.9 Å². The average Bonchev–Trinajstić information content (AvgIpc) is 3.56. The fraction of sp³-hybridized carbons (Fsp3) is 0.444. The molecule has 188 valence electrons. The number of benzene rings is 1. The molecular formula is C27H30BrN5O3. The van der Waals surface area contributed by atoms with Gasteiger partial charge in [0.2, 0.25) is 0 Å². The number of rotatable bonds is 6. The molecule has 3 aromatic heterocycles. The Balaban J connectivity index is 1.22. The molecule has 0 bridgehead atoms. The third-order valence-electron chi connectivity index (χ3n) is 8.36. The quantitative estimate of drug-likeness (QED) is 0.284. The number of aliphatic hydroxyl groups excluding tert-OH is 2. The lowest BCUT2D eigenvalue weighted by Crippen LogP contribution is -2.50. The molecular weight excluding hydrogens is 522 g/mol. The summed E-state index contributed by atoms with van der Waals surface area (Å²) in [6, 6.07) is 9.99. The van der Waals surface area contributed by atoms with Crippen LogP contribution in [0.3, 0.4) is 0 Å². The lowest BCUT2D eigenvalue weighted by atomic mass is 9.80. The molecule has 5 atom stereocenters. The molecule has 2 saturated carbocycles. The summed E-state index contributed by atoms with van der Waals surface area (Å²) in [5, 5.41) is 36.0. The second-order valence-corrected chi connectivity index (χ2v) is 11.4. The predicted molar refractivity (Wildman–Crippen MR) is 141 cm³/mol. The van der Waals surface area contributed by atoms with E-state index in [-0.39, 0.29) is 11.8 Å². The van der Waals surface area contributed by atoms with Crippen molar-refractivity contribution < 1.29 is 15.3 Å². The first-order valence-electron chi connectivity index (χ1n) is 12.5. The van der Waals surface area contributed by atoms with Gasteiger partial charge in [-0.25, -0.2) is 15.0 Å². The van der Waals surface area contributed by atoms with Crippen LogP contribution >= 0.6 is 15.9 Å². The second kappa shape index (κ2) is 8.76. The fourth-order valence-corrected chi connectivity index (χ4v) is 6.26. The predicted octanol–water partition coefficient (Wildman–Crippen LogP) is 4.07. The number of nitrogens with zero attached hydrogens (tertiary/aromatic N) is 4. The van der Waals surface area contributed by atoms with Crippen LogP contribution in [0.2, 0.25) is 0 Å². The number of anilines is 1. The molecule has 36 heavy (non-hydrogen) atoms. The van der Waals surface area contributed by atoms with Gasteiger partial charge in [0.25, 0.3) is 0 Å². The first kappa shape index (κ1) is 23.8. The van der Waals surface area contributed by atoms with Crippen molar-refractivity contribution in [2.75, 3.05) is 5.73 Å². The van der Waals surface area contributed by atoms with Gasteiger partial charge in [0.05, 0.1) is 21.3 Å². The molecule has 3 heterocycles. The van der Waals surface area contributed by atoms with Crippen LogP contribution in [0.5, 0.6) is 0 Å². The Morgan fingerprint density at radius 3 is 2.75 bits per heavy atom. The SMILES string of the molecule is C[C@@H]1[C@H](Cc2ccc3cc(Br)c(N)nc3c2)CC[C@]1(O)[C@@H](O)[C@@H](O)n1ccc2c(C3CC3)ncnc21. The van der Waals surface area contributed by atoms with E-state index in [0.717, 1.165) is 57.7 Å². The van der Waals surface area contributed by atoms with Gasteiger partial charge in [0, 0.05) is 22.9 Å². The average molecular weight is 552 g/mol. The molecule has 0 saturated heterocycles. The first-order chi connectivity index (χ1) is 17.3. The number of fused-ring (bicyclic) bond motifs is 2. The Morgan fingerprint density at radius 2 is 1.97 bits per heavy atom. The van der Waals surface area contributed by atoms with Gasteiger partial charge in [-0.2, -0.15) is 0 Å². The number of nitrogens with two attached hydrogens (primary N) is 1. The summed E-state index contributed by atoms with van der Waals surface area (Å²) in [6.07, 6.45) is 4.68. The Morgan fingerprint density at radius 1 is 1.17 bits per heavy atom. The van der Waals surface area contributed by atoms with E-state index in [1.165, 1.54) is 6.33 Å². The van der Waals surface area contributed by atoms with E-state index in [1.54, 1.807) is 10.8 Å². The van der Waals surface area contributed by atoms with Crippen molar-refractivity contribution in [3.63, 3.8) is 0 Å². The molecule has 9 heteroatoms. The monoisotopic (exact) mass is 551 g/mol. The van der Waals surface area contributed by atoms with Crippen LogP contribution in [-0.4, -0.2) is 46.5 Å². The molecule has 0 unspecified atom stereocenters. The molecule has 1 aromatic carbocycles. The normalized spacial score (nSPS) is 26.0. The van der Waals surface area contributed by atoms with Crippen molar-refractivity contribution >= 4 is 43.7 Å². The molecule has 5 N–H and O–H groups in total. The molecule has 0 spiro atoms. The van der Waals surface area contributed by atoms with E-state index in [2.05, 4.69) is 36.9 Å². The zero-order chi connectivity index (χ0) is 25.2. The van der Waals surface area contributed by atoms with Crippen molar-refractivity contribution in [3.8, 4) is 0 Å². The van der Waals surface area contributed by atoms with Gasteiger partial charge >= 0.3 is 0 Å². The van der Waals surface area contributed by atoms with E-state index in [0.29, 0.717) is 23.8 Å². The van der Waals surface area contributed by atoms with Gasteiger partial charge in [-0.3, -0.25) is 0 Å². The molecule has 0 aliphatic heterocycles. The molecule has 6 rings (SSSR count). The highest BCUT2D eigenvalue weighted by Crippen LogP contribution is 2.46. The zero-order valence-corrected chi connectivity index (χ0v) is 21.6. The van der Waals surface area contributed by atoms with Crippen LogP contribution in [0.1, 0.15) is 56.0 Å². The first-order valence-corrected chi connectivity index (χ1v) is 13.3. The molecule has 2 fully saturated rings. The van der Waals surface area contributed by atoms with Gasteiger partial charge in [-0.1, -0.05) is 19.1 Å². The van der Waals surface area contributed by atoms with Crippen LogP contribution in [0.15, 0.2) is 47.3 Å². The smallest absolute Gasteiger partial charge is 0.160 e. The minimum Gasteiger partial charge on any atom is -0.387 e. The summed E-state index contributed by atoms with van der Waals surface area (Å²) < 4.78 is 2.33. The number of nitrogen functional groups attached to an aromatic ring is 1. The van der Waals surface area contributed by atoms with Crippen molar-refractivity contribution in [3.05, 3.63) is 58.6 Å². The number of aliphatic hydroxyl groups is 3. The van der Waals surface area contributed by atoms with E-state index in [1.807, 2.05) is 31.2 Å². The number of halogens is 1. The van der Waals surface area contributed by atoms with Crippen LogP contribution in [0.4, 0.5) is 5.82 Å². The maximum Gasteiger partial charge on any atom is 0.160 e. The molecule has 4 aromatic rings. The lowest BCUT2D eigenvalue weighted by molar-refractivity contribution is -0.163. The van der Waals surface area contributed by atoms with E-state index >= 15 is 0 Å². The topological polar surface area (TPSA) is 130 Å². The Bertz CT molecular complexity index is 1450. The highest BCUT2D eigenvalue weighted by molar-refractivity contribution is 9.10. The summed E-state index contributed by atoms with van der Waals surface area (Å²) in [4.78, 5) is 13.3. The van der Waals surface area contributed by atoms with Crippen molar-refractivity contribution in [2.45, 2.75) is 62.9 Å². The van der Waals surface area contributed by atoms with E-state index in [9.17, 15) is 15.3 Å². The summed E-state index contributed by atoms with van der Waals surface area (Å²) in [7, 11) is 0. The minimum absolute atomic E-state index is 0.146. The number of hydrogen-bond donors (Lipinski definition) is 4. The number of pyridine rings is 1. The summed E-state index contributed by atoms with van der Waals surface area (Å²) >= 11 is 3.42. The van der Waals surface area contributed by atoms with Crippen molar-refractivity contribution in [1.82, 2.24) is 19.5 Å². The van der Waals surface area contributed by atoms with E-state index < -0.39 is 17.9 Å². The summed E-state index contributed by atoms with van der Waals surface area (Å²) in [5.74, 6) is 0.815. The molecule has 0 amide bonds. The van der Waals surface area contributed by atoms with Gasteiger partial charge in [-0.05, 0) is 83.6 Å². The third-order valence-corrected chi connectivity index (χ3v) is 8.99. The van der Waals surface area contributed by atoms with Gasteiger partial charge in [-0.15, -0.1) is 0 Å². The van der Waals surface area contributed by atoms with Gasteiger partial charge < -0.3 is 25.6 Å².